The summed E-state index contributed by atoms with van der Waals surface area (Å²) < 4.78 is 16.1. The molecule has 0 bridgehead atoms. The minimum atomic E-state index is -0.628. The van der Waals surface area contributed by atoms with Crippen molar-refractivity contribution in [3.8, 4) is 11.5 Å². The third-order valence-electron chi connectivity index (χ3n) is 7.13. The van der Waals surface area contributed by atoms with Crippen LogP contribution < -0.4 is 15.2 Å². The SMILES string of the molecule is COC(=O)C1Cc2cc(OC)c(OC)cc2C23CC(C)C(CN)C2CC(=O)N13. The molecule has 1 saturated heterocycles. The Kier molecular flexibility index (Phi) is 4.53. The van der Waals surface area contributed by atoms with Crippen molar-refractivity contribution >= 4 is 11.9 Å². The number of methoxy groups -OCH3 is 3. The Balaban J connectivity index is 1.97. The Morgan fingerprint density at radius 1 is 1.21 bits per heavy atom. The minimum absolute atomic E-state index is 0.00573. The molecule has 0 aromatic heterocycles. The van der Waals surface area contributed by atoms with Crippen molar-refractivity contribution in [2.24, 2.45) is 23.5 Å². The number of nitrogens with zero attached hydrogens (tertiary/aromatic N) is 1. The standard InChI is InChI=1S/C21H28N2O5/c1-11-9-21-14-7-18(27-3)17(26-2)6-12(14)5-16(20(25)28-4)23(21)19(24)8-15(21)13(11)10-22/h6-7,11,13,15-16H,5,8-10,22H2,1-4H3. The van der Waals surface area contributed by atoms with E-state index in [1.54, 1.807) is 14.2 Å². The minimum Gasteiger partial charge on any atom is -0.493 e. The number of hydrogen-bond acceptors (Lipinski definition) is 6. The maximum atomic E-state index is 13.1. The van der Waals surface area contributed by atoms with Crippen molar-refractivity contribution in [3.63, 3.8) is 0 Å². The van der Waals surface area contributed by atoms with Crippen LogP contribution in [0.5, 0.6) is 11.5 Å². The molecule has 1 amide bonds. The summed E-state index contributed by atoms with van der Waals surface area (Å²) in [5, 5.41) is 0. The molecule has 5 atom stereocenters. The number of ether oxygens (including phenoxy) is 3. The second-order valence-electron chi connectivity index (χ2n) is 8.19. The topological polar surface area (TPSA) is 91.1 Å². The van der Waals surface area contributed by atoms with Gasteiger partial charge >= 0.3 is 5.97 Å². The lowest BCUT2D eigenvalue weighted by atomic mass is 9.72. The highest BCUT2D eigenvalue weighted by Crippen LogP contribution is 2.62. The van der Waals surface area contributed by atoms with Crippen LogP contribution in [0.3, 0.4) is 0 Å². The molecule has 7 heteroatoms. The molecule has 1 spiro atoms. The molecule has 1 saturated carbocycles. The third-order valence-corrected chi connectivity index (χ3v) is 7.13. The van der Waals surface area contributed by atoms with Gasteiger partial charge in [-0.1, -0.05) is 6.92 Å². The largest absolute Gasteiger partial charge is 0.493 e. The maximum Gasteiger partial charge on any atom is 0.328 e. The Labute approximate surface area is 165 Å². The highest BCUT2D eigenvalue weighted by Gasteiger charge is 2.66. The van der Waals surface area contributed by atoms with Gasteiger partial charge in [-0.3, -0.25) is 4.79 Å². The zero-order valence-electron chi connectivity index (χ0n) is 16.9. The lowest BCUT2D eigenvalue weighted by Crippen LogP contribution is -2.57. The molecular formula is C21H28N2O5. The molecule has 152 valence electrons. The Morgan fingerprint density at radius 2 is 1.89 bits per heavy atom. The first kappa shape index (κ1) is 19.1. The highest BCUT2D eigenvalue weighted by atomic mass is 16.5. The summed E-state index contributed by atoms with van der Waals surface area (Å²) in [6.45, 7) is 2.72. The number of esters is 1. The molecule has 2 N–H and O–H groups in total. The van der Waals surface area contributed by atoms with Crippen LogP contribution in [-0.4, -0.2) is 50.7 Å². The number of rotatable bonds is 4. The smallest absolute Gasteiger partial charge is 0.328 e. The predicted molar refractivity (Wildman–Crippen MR) is 102 cm³/mol. The van der Waals surface area contributed by atoms with Gasteiger partial charge in [0.05, 0.1) is 26.9 Å². The van der Waals surface area contributed by atoms with E-state index >= 15 is 0 Å². The third kappa shape index (κ3) is 2.32. The van der Waals surface area contributed by atoms with E-state index in [0.29, 0.717) is 36.8 Å². The van der Waals surface area contributed by atoms with E-state index in [1.807, 2.05) is 17.0 Å². The molecule has 1 aliphatic carbocycles. The van der Waals surface area contributed by atoms with Crippen LogP contribution in [0.2, 0.25) is 0 Å². The fourth-order valence-electron chi connectivity index (χ4n) is 6.06. The van der Waals surface area contributed by atoms with Crippen LogP contribution in [0.1, 0.15) is 30.9 Å². The lowest BCUT2D eigenvalue weighted by Gasteiger charge is -2.48. The van der Waals surface area contributed by atoms with Gasteiger partial charge in [-0.15, -0.1) is 0 Å². The Hall–Kier alpha value is -2.28. The van der Waals surface area contributed by atoms with E-state index in [4.69, 9.17) is 19.9 Å². The summed E-state index contributed by atoms with van der Waals surface area (Å²) in [4.78, 5) is 27.6. The van der Waals surface area contributed by atoms with E-state index in [1.165, 1.54) is 7.11 Å². The van der Waals surface area contributed by atoms with Crippen LogP contribution in [0.15, 0.2) is 12.1 Å². The summed E-state index contributed by atoms with van der Waals surface area (Å²) in [5.74, 6) is 1.54. The van der Waals surface area contributed by atoms with Crippen LogP contribution in [0.4, 0.5) is 0 Å². The Bertz CT molecular complexity index is 825. The van der Waals surface area contributed by atoms with Crippen molar-refractivity contribution in [1.29, 1.82) is 0 Å². The Morgan fingerprint density at radius 3 is 2.50 bits per heavy atom. The van der Waals surface area contributed by atoms with Crippen LogP contribution >= 0.6 is 0 Å². The fraction of sp³-hybridized carbons (Fsp3) is 0.619. The number of carbonyl (C=O) groups excluding carboxylic acids is 2. The number of nitrogens with two attached hydrogens (primary N) is 1. The average Bonchev–Trinajstić information content (AvgIpc) is 3.13. The van der Waals surface area contributed by atoms with Gasteiger partial charge < -0.3 is 24.8 Å². The number of hydrogen-bond donors (Lipinski definition) is 1. The molecule has 28 heavy (non-hydrogen) atoms. The predicted octanol–water partition coefficient (Wildman–Crippen LogP) is 1.46. The summed E-state index contributed by atoms with van der Waals surface area (Å²) >= 11 is 0. The van der Waals surface area contributed by atoms with Crippen molar-refractivity contribution < 1.29 is 23.8 Å². The van der Waals surface area contributed by atoms with Gasteiger partial charge in [-0.05, 0) is 54.0 Å². The maximum absolute atomic E-state index is 13.1. The van der Waals surface area contributed by atoms with E-state index < -0.39 is 11.6 Å². The first-order valence-electron chi connectivity index (χ1n) is 9.78. The van der Waals surface area contributed by atoms with Gasteiger partial charge in [0.2, 0.25) is 5.91 Å². The fourth-order valence-corrected chi connectivity index (χ4v) is 6.06. The van der Waals surface area contributed by atoms with E-state index in [0.717, 1.165) is 17.5 Å². The molecule has 3 aliphatic rings. The average molecular weight is 388 g/mol. The van der Waals surface area contributed by atoms with E-state index in [9.17, 15) is 9.59 Å². The van der Waals surface area contributed by atoms with Gasteiger partial charge in [0.15, 0.2) is 11.5 Å². The second-order valence-corrected chi connectivity index (χ2v) is 8.19. The van der Waals surface area contributed by atoms with Gasteiger partial charge in [-0.2, -0.15) is 0 Å². The van der Waals surface area contributed by atoms with E-state index in [-0.39, 0.29) is 23.7 Å². The molecule has 1 aromatic carbocycles. The van der Waals surface area contributed by atoms with Gasteiger partial charge in [0, 0.05) is 12.8 Å². The van der Waals surface area contributed by atoms with Gasteiger partial charge in [0.25, 0.3) is 0 Å². The quantitative estimate of drug-likeness (QED) is 0.786. The molecule has 1 aromatic rings. The summed E-state index contributed by atoms with van der Waals surface area (Å²) in [7, 11) is 4.58. The molecule has 2 aliphatic heterocycles. The molecule has 5 unspecified atom stereocenters. The first-order chi connectivity index (χ1) is 13.4. The number of fused-ring (bicyclic) bond motifs is 1. The van der Waals surface area contributed by atoms with Crippen LogP contribution in [0.25, 0.3) is 0 Å². The first-order valence-corrected chi connectivity index (χ1v) is 9.78. The molecular weight excluding hydrogens is 360 g/mol. The van der Waals surface area contributed by atoms with Crippen LogP contribution in [0, 0.1) is 17.8 Å². The highest BCUT2D eigenvalue weighted by molar-refractivity contribution is 5.89. The zero-order valence-corrected chi connectivity index (χ0v) is 16.9. The lowest BCUT2D eigenvalue weighted by molar-refractivity contribution is -0.156. The van der Waals surface area contributed by atoms with Crippen molar-refractivity contribution in [1.82, 2.24) is 4.90 Å². The molecule has 2 heterocycles. The van der Waals surface area contributed by atoms with E-state index in [2.05, 4.69) is 6.92 Å². The summed E-state index contributed by atoms with van der Waals surface area (Å²) in [6, 6.07) is 3.30. The number of benzene rings is 1. The van der Waals surface area contributed by atoms with Crippen LogP contribution in [-0.2, 0) is 26.3 Å². The van der Waals surface area contributed by atoms with Gasteiger partial charge in [0.1, 0.15) is 6.04 Å². The van der Waals surface area contributed by atoms with Gasteiger partial charge in [-0.25, -0.2) is 4.79 Å². The number of amides is 1. The molecule has 2 fully saturated rings. The van der Waals surface area contributed by atoms with Crippen molar-refractivity contribution in [2.45, 2.75) is 37.8 Å². The van der Waals surface area contributed by atoms with Crippen molar-refractivity contribution in [3.05, 3.63) is 23.3 Å². The molecule has 0 radical (unpaired) electrons. The summed E-state index contributed by atoms with van der Waals surface area (Å²) in [5.41, 5.74) is 7.64. The van der Waals surface area contributed by atoms with Crippen molar-refractivity contribution in [2.75, 3.05) is 27.9 Å². The zero-order chi connectivity index (χ0) is 20.2. The molecule has 7 nitrogen and oxygen atoms in total. The number of carbonyl (C=O) groups is 2. The molecule has 4 rings (SSSR count). The normalized spacial score (nSPS) is 33.2. The second kappa shape index (κ2) is 6.65. The summed E-state index contributed by atoms with van der Waals surface area (Å²) in [6.07, 6.45) is 1.60. The monoisotopic (exact) mass is 388 g/mol.